The van der Waals surface area contributed by atoms with Crippen molar-refractivity contribution in [1.82, 2.24) is 5.32 Å². The number of nitrogens with zero attached hydrogens (tertiary/aromatic N) is 2. The monoisotopic (exact) mass is 479 g/mol. The van der Waals surface area contributed by atoms with Crippen LogP contribution >= 0.6 is 23.8 Å². The molecule has 0 saturated carbocycles. The molecule has 2 aliphatic heterocycles. The number of likely N-dealkylation sites (N-methyl/N-ethyl adjacent to an activating group) is 1. The average molecular weight is 480 g/mol. The lowest BCUT2D eigenvalue weighted by molar-refractivity contribution is -0.122. The zero-order valence-electron chi connectivity index (χ0n) is 19.3. The molecule has 2 aromatic rings. The fourth-order valence-corrected chi connectivity index (χ4v) is 4.72. The van der Waals surface area contributed by atoms with Gasteiger partial charge in [0.2, 0.25) is 0 Å². The third kappa shape index (κ3) is 4.09. The van der Waals surface area contributed by atoms with E-state index in [1.165, 1.54) is 4.90 Å². The summed E-state index contributed by atoms with van der Waals surface area (Å²) in [7, 11) is 2.02. The topological polar surface area (TPSA) is 52.7 Å². The number of aryl methyl sites for hydroxylation is 1. The highest BCUT2D eigenvalue weighted by Gasteiger charge is 2.35. The number of rotatable bonds is 3. The van der Waals surface area contributed by atoms with Gasteiger partial charge in [0.05, 0.1) is 11.2 Å². The first kappa shape index (κ1) is 23.2. The van der Waals surface area contributed by atoms with Crippen molar-refractivity contribution in [2.45, 2.75) is 39.7 Å². The van der Waals surface area contributed by atoms with Crippen LogP contribution in [0.4, 0.5) is 11.4 Å². The standard InChI is InChI=1S/C26H26ClN3O2S/c1-6-16-7-9-18(10-8-16)30-24(32)20(23(31)28-25(30)33)12-17-11-19-15(2)14-26(3,4)29(5)22(19)13-21(17)27/h7-14H,6H2,1-5H3,(H,28,31,33)/b20-12+. The molecule has 4 rings (SSSR count). The Morgan fingerprint density at radius 1 is 1.15 bits per heavy atom. The van der Waals surface area contributed by atoms with Crippen LogP contribution in [0.1, 0.15) is 44.4 Å². The lowest BCUT2D eigenvalue weighted by atomic mass is 9.88. The van der Waals surface area contributed by atoms with Gasteiger partial charge in [-0.1, -0.05) is 36.7 Å². The van der Waals surface area contributed by atoms with Gasteiger partial charge < -0.3 is 4.90 Å². The van der Waals surface area contributed by atoms with Crippen molar-refractivity contribution in [2.75, 3.05) is 16.8 Å². The second-order valence-electron chi connectivity index (χ2n) is 8.91. The van der Waals surface area contributed by atoms with Gasteiger partial charge in [0.25, 0.3) is 11.8 Å². The number of thiocarbonyl (C=S) groups is 1. The van der Waals surface area contributed by atoms with Gasteiger partial charge in [-0.3, -0.25) is 19.8 Å². The van der Waals surface area contributed by atoms with E-state index in [9.17, 15) is 9.59 Å². The second-order valence-corrected chi connectivity index (χ2v) is 9.70. The average Bonchev–Trinajstić information content (AvgIpc) is 2.75. The van der Waals surface area contributed by atoms with Gasteiger partial charge in [0, 0.05) is 23.3 Å². The van der Waals surface area contributed by atoms with Crippen LogP contribution in [0.3, 0.4) is 0 Å². The van der Waals surface area contributed by atoms with E-state index in [1.54, 1.807) is 6.08 Å². The van der Waals surface area contributed by atoms with E-state index < -0.39 is 11.8 Å². The molecule has 2 aromatic carbocycles. The van der Waals surface area contributed by atoms with Crippen LogP contribution in [-0.2, 0) is 16.0 Å². The van der Waals surface area contributed by atoms with Crippen LogP contribution < -0.4 is 15.1 Å². The molecule has 2 heterocycles. The van der Waals surface area contributed by atoms with Crippen LogP contribution in [0.15, 0.2) is 48.0 Å². The molecule has 2 amide bonds. The van der Waals surface area contributed by atoms with Crippen molar-refractivity contribution in [3.05, 3.63) is 69.8 Å². The first-order valence-electron chi connectivity index (χ1n) is 10.8. The van der Waals surface area contributed by atoms with Crippen molar-refractivity contribution < 1.29 is 9.59 Å². The lowest BCUT2D eigenvalue weighted by Crippen LogP contribution is -2.54. The van der Waals surface area contributed by atoms with E-state index in [4.69, 9.17) is 23.8 Å². The summed E-state index contributed by atoms with van der Waals surface area (Å²) < 4.78 is 0. The van der Waals surface area contributed by atoms with Gasteiger partial charge in [-0.2, -0.15) is 0 Å². The highest BCUT2D eigenvalue weighted by Crippen LogP contribution is 2.41. The number of amides is 2. The molecule has 1 fully saturated rings. The Bertz CT molecular complexity index is 1240. The van der Waals surface area contributed by atoms with Crippen LogP contribution in [0.5, 0.6) is 0 Å². The third-order valence-corrected chi connectivity index (χ3v) is 6.95. The largest absolute Gasteiger partial charge is 0.365 e. The minimum Gasteiger partial charge on any atom is -0.365 e. The summed E-state index contributed by atoms with van der Waals surface area (Å²) >= 11 is 11.9. The molecule has 2 aliphatic rings. The smallest absolute Gasteiger partial charge is 0.270 e. The summed E-state index contributed by atoms with van der Waals surface area (Å²) in [6, 6.07) is 11.4. The van der Waals surface area contributed by atoms with Crippen LogP contribution in [-0.4, -0.2) is 29.5 Å². The van der Waals surface area contributed by atoms with E-state index in [1.807, 2.05) is 43.4 Å². The van der Waals surface area contributed by atoms with Gasteiger partial charge >= 0.3 is 0 Å². The van der Waals surface area contributed by atoms with Crippen molar-refractivity contribution in [1.29, 1.82) is 0 Å². The Kier molecular flexibility index (Phi) is 5.93. The molecule has 0 aliphatic carbocycles. The molecular weight excluding hydrogens is 454 g/mol. The van der Waals surface area contributed by atoms with Crippen LogP contribution in [0.25, 0.3) is 11.6 Å². The van der Waals surface area contributed by atoms with E-state index in [2.05, 4.69) is 44.0 Å². The Balaban J connectivity index is 1.76. The quantitative estimate of drug-likeness (QED) is 0.365. The summed E-state index contributed by atoms with van der Waals surface area (Å²) in [4.78, 5) is 29.6. The third-order valence-electron chi connectivity index (χ3n) is 6.34. The molecule has 0 unspecified atom stereocenters. The summed E-state index contributed by atoms with van der Waals surface area (Å²) in [5, 5.41) is 3.16. The van der Waals surface area contributed by atoms with Crippen molar-refractivity contribution in [3.63, 3.8) is 0 Å². The normalized spacial score (nSPS) is 18.9. The summed E-state index contributed by atoms with van der Waals surface area (Å²) in [6.45, 7) is 8.39. The van der Waals surface area contributed by atoms with Crippen LogP contribution in [0.2, 0.25) is 5.02 Å². The van der Waals surface area contributed by atoms with E-state index >= 15 is 0 Å². The number of carbonyl (C=O) groups is 2. The first-order chi connectivity index (χ1) is 15.5. The zero-order chi connectivity index (χ0) is 24.1. The van der Waals surface area contributed by atoms with E-state index in [0.717, 1.165) is 28.8 Å². The number of anilines is 2. The van der Waals surface area contributed by atoms with Crippen molar-refractivity contribution in [2.24, 2.45) is 0 Å². The van der Waals surface area contributed by atoms with Gasteiger partial charge in [0.1, 0.15) is 5.57 Å². The molecule has 0 spiro atoms. The minimum absolute atomic E-state index is 0.0175. The molecule has 33 heavy (non-hydrogen) atoms. The molecular formula is C26H26ClN3O2S. The van der Waals surface area contributed by atoms with E-state index in [0.29, 0.717) is 16.3 Å². The molecule has 5 nitrogen and oxygen atoms in total. The number of fused-ring (bicyclic) bond motifs is 1. The SMILES string of the molecule is CCc1ccc(N2C(=O)/C(=C/c3cc4c(cc3Cl)N(C)C(C)(C)C=C4C)C(=O)NC2=S)cc1. The van der Waals surface area contributed by atoms with Gasteiger partial charge in [-0.05, 0) is 86.5 Å². The van der Waals surface area contributed by atoms with Crippen molar-refractivity contribution in [3.8, 4) is 0 Å². The second kappa shape index (κ2) is 8.43. The molecule has 0 bridgehead atoms. The fourth-order valence-electron chi connectivity index (χ4n) is 4.23. The maximum atomic E-state index is 13.4. The molecule has 170 valence electrons. The number of nitrogens with one attached hydrogen (secondary N) is 1. The summed E-state index contributed by atoms with van der Waals surface area (Å²) in [5.74, 6) is -1.02. The van der Waals surface area contributed by atoms with Crippen molar-refractivity contribution >= 4 is 63.8 Å². The lowest BCUT2D eigenvalue weighted by Gasteiger charge is -2.40. The highest BCUT2D eigenvalue weighted by molar-refractivity contribution is 7.80. The Morgan fingerprint density at radius 3 is 2.45 bits per heavy atom. The number of carbonyl (C=O) groups excluding carboxylic acids is 2. The predicted octanol–water partition coefficient (Wildman–Crippen LogP) is 5.37. The van der Waals surface area contributed by atoms with Crippen LogP contribution in [0, 0.1) is 0 Å². The minimum atomic E-state index is -0.536. The molecule has 7 heteroatoms. The van der Waals surface area contributed by atoms with Gasteiger partial charge in [0.15, 0.2) is 5.11 Å². The predicted molar refractivity (Wildman–Crippen MR) is 140 cm³/mol. The number of hydrogen-bond acceptors (Lipinski definition) is 4. The van der Waals surface area contributed by atoms with Gasteiger partial charge in [-0.15, -0.1) is 0 Å². The van der Waals surface area contributed by atoms with E-state index in [-0.39, 0.29) is 16.2 Å². The van der Waals surface area contributed by atoms with Gasteiger partial charge in [-0.25, -0.2) is 0 Å². The fraction of sp³-hybridized carbons (Fsp3) is 0.269. The zero-order valence-corrected chi connectivity index (χ0v) is 20.9. The summed E-state index contributed by atoms with van der Waals surface area (Å²) in [6.07, 6.45) is 4.62. The number of benzene rings is 2. The highest BCUT2D eigenvalue weighted by atomic mass is 35.5. The molecule has 1 saturated heterocycles. The molecule has 1 N–H and O–H groups in total. The Hall–Kier alpha value is -2.96. The maximum absolute atomic E-state index is 13.4. The molecule has 0 aromatic heterocycles. The Morgan fingerprint density at radius 2 is 1.82 bits per heavy atom. The number of hydrogen-bond donors (Lipinski definition) is 1. The number of halogens is 1. The maximum Gasteiger partial charge on any atom is 0.270 e. The summed E-state index contributed by atoms with van der Waals surface area (Å²) in [5.41, 5.74) is 5.31. The number of allylic oxidation sites excluding steroid dienone is 1. The molecule has 0 atom stereocenters. The molecule has 0 radical (unpaired) electrons. The Labute approximate surface area is 204 Å². The first-order valence-corrected chi connectivity index (χ1v) is 11.6.